The molecule has 2 aromatic carbocycles. The summed E-state index contributed by atoms with van der Waals surface area (Å²) in [4.78, 5) is 11.1. The molecule has 1 heterocycles. The molecule has 1 aromatic heterocycles. The van der Waals surface area contributed by atoms with Gasteiger partial charge in [0.15, 0.2) is 6.29 Å². The zero-order valence-corrected chi connectivity index (χ0v) is 13.0. The van der Waals surface area contributed by atoms with Crippen LogP contribution in [0.3, 0.4) is 0 Å². The molecule has 0 spiro atoms. The predicted molar refractivity (Wildman–Crippen MR) is 89.0 cm³/mol. The van der Waals surface area contributed by atoms with Gasteiger partial charge in [0.05, 0.1) is 6.54 Å². The molecule has 0 radical (unpaired) electrons. The molecule has 112 valence electrons. The van der Waals surface area contributed by atoms with E-state index in [9.17, 15) is 4.79 Å². The highest BCUT2D eigenvalue weighted by molar-refractivity contribution is 6.31. The number of para-hydroxylation sites is 1. The largest absolute Gasteiger partial charge is 0.492 e. The maximum atomic E-state index is 11.1. The Hall–Kier alpha value is -2.26. The highest BCUT2D eigenvalue weighted by Crippen LogP contribution is 2.22. The third-order valence-electron chi connectivity index (χ3n) is 3.68. The van der Waals surface area contributed by atoms with Crippen LogP contribution < -0.4 is 4.74 Å². The van der Waals surface area contributed by atoms with Gasteiger partial charge in [-0.15, -0.1) is 0 Å². The number of ether oxygens (including phenoxy) is 1. The molecule has 4 heteroatoms. The fourth-order valence-electron chi connectivity index (χ4n) is 2.52. The first kappa shape index (κ1) is 14.7. The van der Waals surface area contributed by atoms with E-state index in [0.29, 0.717) is 18.7 Å². The smallest absolute Gasteiger partial charge is 0.152 e. The molecule has 0 unspecified atom stereocenters. The number of hydrogen-bond donors (Lipinski definition) is 0. The van der Waals surface area contributed by atoms with Gasteiger partial charge in [0, 0.05) is 27.7 Å². The summed E-state index contributed by atoms with van der Waals surface area (Å²) in [5, 5.41) is 1.71. The Kier molecular flexibility index (Phi) is 4.16. The second kappa shape index (κ2) is 6.24. The van der Waals surface area contributed by atoms with Crippen LogP contribution in [0.25, 0.3) is 10.9 Å². The second-order valence-corrected chi connectivity index (χ2v) is 5.58. The number of hydrogen-bond acceptors (Lipinski definition) is 2. The number of benzene rings is 2. The lowest BCUT2D eigenvalue weighted by Crippen LogP contribution is -2.07. The molecule has 22 heavy (non-hydrogen) atoms. The maximum Gasteiger partial charge on any atom is 0.152 e. The maximum absolute atomic E-state index is 11.1. The molecule has 0 fully saturated rings. The lowest BCUT2D eigenvalue weighted by molar-refractivity contribution is 0.112. The summed E-state index contributed by atoms with van der Waals surface area (Å²) in [5.74, 6) is 0.800. The highest BCUT2D eigenvalue weighted by Gasteiger charge is 2.07. The molecule has 3 nitrogen and oxygen atoms in total. The summed E-state index contributed by atoms with van der Waals surface area (Å²) in [6.45, 7) is 3.15. The molecule has 3 aromatic rings. The molecule has 0 atom stereocenters. The van der Waals surface area contributed by atoms with Crippen LogP contribution in [0.15, 0.2) is 48.7 Å². The number of carbonyl (C=O) groups is 1. The van der Waals surface area contributed by atoms with Crippen LogP contribution in [0.1, 0.15) is 15.9 Å². The van der Waals surface area contributed by atoms with Crippen molar-refractivity contribution in [2.45, 2.75) is 13.5 Å². The van der Waals surface area contributed by atoms with Gasteiger partial charge in [-0.05, 0) is 36.8 Å². The van der Waals surface area contributed by atoms with Gasteiger partial charge in [-0.2, -0.15) is 0 Å². The Bertz CT molecular complexity index is 823. The van der Waals surface area contributed by atoms with Crippen LogP contribution in [0.2, 0.25) is 5.02 Å². The fourth-order valence-corrected chi connectivity index (χ4v) is 2.64. The molecule has 0 N–H and O–H groups in total. The quantitative estimate of drug-likeness (QED) is 0.650. The van der Waals surface area contributed by atoms with Gasteiger partial charge < -0.3 is 9.30 Å². The van der Waals surface area contributed by atoms with E-state index in [1.54, 1.807) is 0 Å². The van der Waals surface area contributed by atoms with E-state index >= 15 is 0 Å². The average Bonchev–Trinajstić information content (AvgIpc) is 2.89. The van der Waals surface area contributed by atoms with Crippen molar-refractivity contribution in [2.24, 2.45) is 0 Å². The first-order chi connectivity index (χ1) is 10.7. The van der Waals surface area contributed by atoms with Crippen LogP contribution in [0.4, 0.5) is 0 Å². The third kappa shape index (κ3) is 2.85. The minimum atomic E-state index is 0.526. The molecule has 0 aliphatic rings. The summed E-state index contributed by atoms with van der Waals surface area (Å²) in [7, 11) is 0. The molecule has 0 bridgehead atoms. The fraction of sp³-hybridized carbons (Fsp3) is 0.167. The van der Waals surface area contributed by atoms with Gasteiger partial charge in [-0.3, -0.25) is 4.79 Å². The Morgan fingerprint density at radius 2 is 2.05 bits per heavy atom. The monoisotopic (exact) mass is 313 g/mol. The van der Waals surface area contributed by atoms with E-state index in [1.807, 2.05) is 60.2 Å². The molecule has 0 aliphatic heterocycles. The Morgan fingerprint density at radius 3 is 2.82 bits per heavy atom. The van der Waals surface area contributed by atoms with E-state index in [4.69, 9.17) is 16.3 Å². The molecule has 0 amide bonds. The minimum Gasteiger partial charge on any atom is -0.492 e. The first-order valence-electron chi connectivity index (χ1n) is 7.11. The standard InChI is InChI=1S/C18H16ClNO2/c1-13-10-15(6-7-17(13)19)22-9-8-20-11-14(12-21)16-4-2-3-5-18(16)20/h2-7,10-12H,8-9H2,1H3. The van der Waals surface area contributed by atoms with Crippen molar-refractivity contribution in [3.8, 4) is 5.75 Å². The van der Waals surface area contributed by atoms with E-state index in [1.165, 1.54) is 0 Å². The SMILES string of the molecule is Cc1cc(OCCn2cc(C=O)c3ccccc32)ccc1Cl. The van der Waals surface area contributed by atoms with Crippen molar-refractivity contribution in [1.82, 2.24) is 4.57 Å². The van der Waals surface area contributed by atoms with Gasteiger partial charge in [0.1, 0.15) is 12.4 Å². The summed E-state index contributed by atoms with van der Waals surface area (Å²) < 4.78 is 7.81. The van der Waals surface area contributed by atoms with Crippen LogP contribution in [0, 0.1) is 6.92 Å². The third-order valence-corrected chi connectivity index (χ3v) is 4.10. The number of fused-ring (bicyclic) bond motifs is 1. The van der Waals surface area contributed by atoms with Crippen LogP contribution in [-0.2, 0) is 6.54 Å². The molecule has 0 saturated carbocycles. The summed E-state index contributed by atoms with van der Waals surface area (Å²) in [5.41, 5.74) is 2.74. The Balaban J connectivity index is 1.74. The number of rotatable bonds is 5. The second-order valence-electron chi connectivity index (χ2n) is 5.17. The molecule has 0 aliphatic carbocycles. The van der Waals surface area contributed by atoms with Crippen molar-refractivity contribution in [2.75, 3.05) is 6.61 Å². The van der Waals surface area contributed by atoms with Crippen molar-refractivity contribution < 1.29 is 9.53 Å². The highest BCUT2D eigenvalue weighted by atomic mass is 35.5. The zero-order valence-electron chi connectivity index (χ0n) is 12.3. The van der Waals surface area contributed by atoms with E-state index in [0.717, 1.165) is 33.5 Å². The topological polar surface area (TPSA) is 31.2 Å². The van der Waals surface area contributed by atoms with Gasteiger partial charge in [-0.1, -0.05) is 29.8 Å². The summed E-state index contributed by atoms with van der Waals surface area (Å²) in [6, 6.07) is 13.5. The van der Waals surface area contributed by atoms with Crippen molar-refractivity contribution in [3.05, 3.63) is 64.8 Å². The summed E-state index contributed by atoms with van der Waals surface area (Å²) in [6.07, 6.45) is 2.76. The number of aldehydes is 1. The average molecular weight is 314 g/mol. The molecular formula is C18H16ClNO2. The lowest BCUT2D eigenvalue weighted by atomic mass is 10.2. The van der Waals surface area contributed by atoms with Crippen LogP contribution in [0.5, 0.6) is 5.75 Å². The van der Waals surface area contributed by atoms with Gasteiger partial charge in [0.2, 0.25) is 0 Å². The Morgan fingerprint density at radius 1 is 1.23 bits per heavy atom. The van der Waals surface area contributed by atoms with Crippen molar-refractivity contribution >= 4 is 28.8 Å². The van der Waals surface area contributed by atoms with E-state index in [-0.39, 0.29) is 0 Å². The number of aryl methyl sites for hydroxylation is 1. The lowest BCUT2D eigenvalue weighted by Gasteiger charge is -2.09. The Labute approximate surface area is 134 Å². The van der Waals surface area contributed by atoms with Crippen LogP contribution in [-0.4, -0.2) is 17.5 Å². The van der Waals surface area contributed by atoms with Crippen molar-refractivity contribution in [1.29, 1.82) is 0 Å². The molecule has 0 saturated heterocycles. The number of carbonyl (C=O) groups excluding carboxylic acids is 1. The van der Waals surface area contributed by atoms with Crippen LogP contribution >= 0.6 is 11.6 Å². The minimum absolute atomic E-state index is 0.526. The molecule has 3 rings (SSSR count). The van der Waals surface area contributed by atoms with Gasteiger partial charge >= 0.3 is 0 Å². The summed E-state index contributed by atoms with van der Waals surface area (Å²) >= 11 is 6.00. The molecular weight excluding hydrogens is 298 g/mol. The van der Waals surface area contributed by atoms with Crippen molar-refractivity contribution in [3.63, 3.8) is 0 Å². The number of nitrogens with zero attached hydrogens (tertiary/aromatic N) is 1. The van der Waals surface area contributed by atoms with Gasteiger partial charge in [0.25, 0.3) is 0 Å². The normalized spacial score (nSPS) is 10.8. The number of halogens is 1. The van der Waals surface area contributed by atoms with Gasteiger partial charge in [-0.25, -0.2) is 0 Å². The van der Waals surface area contributed by atoms with E-state index < -0.39 is 0 Å². The zero-order chi connectivity index (χ0) is 15.5. The first-order valence-corrected chi connectivity index (χ1v) is 7.49. The predicted octanol–water partition coefficient (Wildman–Crippen LogP) is 4.49. The van der Waals surface area contributed by atoms with E-state index in [2.05, 4.69) is 0 Å². The number of aromatic nitrogens is 1.